The summed E-state index contributed by atoms with van der Waals surface area (Å²) >= 11 is 0. The zero-order valence-electron chi connectivity index (χ0n) is 17.5. The molecule has 0 amide bonds. The molecule has 1 aliphatic heterocycles. The van der Waals surface area contributed by atoms with E-state index in [9.17, 15) is 14.3 Å². The summed E-state index contributed by atoms with van der Waals surface area (Å²) in [4.78, 5) is 24.1. The molecule has 7 heteroatoms. The number of hydrogen-bond acceptors (Lipinski definition) is 5. The van der Waals surface area contributed by atoms with Gasteiger partial charge in [-0.1, -0.05) is 31.1 Å². The van der Waals surface area contributed by atoms with E-state index in [1.165, 1.54) is 12.3 Å². The van der Waals surface area contributed by atoms with E-state index in [1.54, 1.807) is 17.0 Å². The molecule has 1 aromatic carbocycles. The summed E-state index contributed by atoms with van der Waals surface area (Å²) in [6.07, 6.45) is 10.7. The van der Waals surface area contributed by atoms with Crippen molar-refractivity contribution in [2.75, 3.05) is 18.5 Å². The van der Waals surface area contributed by atoms with Gasteiger partial charge in [0.15, 0.2) is 0 Å². The van der Waals surface area contributed by atoms with Gasteiger partial charge in [0, 0.05) is 25.4 Å². The van der Waals surface area contributed by atoms with Gasteiger partial charge in [-0.15, -0.1) is 0 Å². The number of halogens is 1. The van der Waals surface area contributed by atoms with E-state index in [-0.39, 0.29) is 11.6 Å². The Morgan fingerprint density at radius 3 is 2.84 bits per heavy atom. The Balaban J connectivity index is 1.69. The summed E-state index contributed by atoms with van der Waals surface area (Å²) < 4.78 is 14.9. The van der Waals surface area contributed by atoms with E-state index in [2.05, 4.69) is 27.0 Å². The number of nitrogens with zero attached hydrogens (tertiary/aromatic N) is 4. The van der Waals surface area contributed by atoms with Crippen molar-refractivity contribution in [3.8, 4) is 0 Å². The lowest BCUT2D eigenvalue weighted by atomic mass is 9.92. The summed E-state index contributed by atoms with van der Waals surface area (Å²) in [5, 5.41) is 11.0. The number of aliphatic hydroxyl groups is 1. The summed E-state index contributed by atoms with van der Waals surface area (Å²) in [6.45, 7) is 0.732. The number of rotatable bonds is 3. The van der Waals surface area contributed by atoms with Gasteiger partial charge in [0.2, 0.25) is 5.95 Å². The summed E-state index contributed by atoms with van der Waals surface area (Å²) in [5.41, 5.74) is 4.34. The minimum absolute atomic E-state index is 0.125. The fraction of sp³-hybridized carbons (Fsp3) is 0.375. The third-order valence-corrected chi connectivity index (χ3v) is 6.46. The zero-order chi connectivity index (χ0) is 21.5. The molecule has 31 heavy (non-hydrogen) atoms. The molecule has 1 aliphatic carbocycles. The largest absolute Gasteiger partial charge is 0.391 e. The van der Waals surface area contributed by atoms with Crippen LogP contribution >= 0.6 is 0 Å². The van der Waals surface area contributed by atoms with Crippen LogP contribution in [-0.4, -0.2) is 39.3 Å². The van der Waals surface area contributed by atoms with Crippen molar-refractivity contribution in [3.05, 3.63) is 69.8 Å². The van der Waals surface area contributed by atoms with Crippen LogP contribution in [0.15, 0.2) is 41.6 Å². The van der Waals surface area contributed by atoms with Crippen molar-refractivity contribution in [1.29, 1.82) is 0 Å². The molecule has 2 aliphatic rings. The van der Waals surface area contributed by atoms with E-state index < -0.39 is 12.1 Å². The first-order valence-corrected chi connectivity index (χ1v) is 10.8. The average molecular weight is 420 g/mol. The van der Waals surface area contributed by atoms with Crippen LogP contribution in [0.3, 0.4) is 0 Å². The molecule has 0 spiro atoms. The van der Waals surface area contributed by atoms with Crippen molar-refractivity contribution < 1.29 is 9.50 Å². The SMILES string of the molecule is CN1CC=Cc2c(Cc3ccc(F)nc3)cc3c(=O)n([C@H]4CCCC[C@@H]4O)cnc3c21. The summed E-state index contributed by atoms with van der Waals surface area (Å²) in [6, 6.07) is 4.73. The van der Waals surface area contributed by atoms with Gasteiger partial charge in [0.1, 0.15) is 5.52 Å². The van der Waals surface area contributed by atoms with Gasteiger partial charge >= 0.3 is 0 Å². The maximum Gasteiger partial charge on any atom is 0.261 e. The highest BCUT2D eigenvalue weighted by molar-refractivity contribution is 5.97. The molecule has 0 unspecified atom stereocenters. The van der Waals surface area contributed by atoms with Crippen LogP contribution in [0, 0.1) is 5.95 Å². The molecule has 0 bridgehead atoms. The molecule has 1 N–H and O–H groups in total. The lowest BCUT2D eigenvalue weighted by molar-refractivity contribution is 0.0735. The van der Waals surface area contributed by atoms with Gasteiger partial charge in [0.25, 0.3) is 5.56 Å². The molecule has 2 aromatic heterocycles. The summed E-state index contributed by atoms with van der Waals surface area (Å²) in [5.74, 6) is -0.512. The van der Waals surface area contributed by atoms with Crippen LogP contribution in [0.2, 0.25) is 0 Å². The fourth-order valence-corrected chi connectivity index (χ4v) is 4.85. The van der Waals surface area contributed by atoms with Crippen LogP contribution in [0.1, 0.15) is 48.4 Å². The number of aliphatic hydroxyl groups excluding tert-OH is 1. The molecule has 1 fully saturated rings. The van der Waals surface area contributed by atoms with Gasteiger partial charge in [-0.05, 0) is 42.5 Å². The first-order valence-electron chi connectivity index (χ1n) is 10.8. The predicted molar refractivity (Wildman–Crippen MR) is 119 cm³/mol. The monoisotopic (exact) mass is 420 g/mol. The molecule has 3 heterocycles. The highest BCUT2D eigenvalue weighted by Gasteiger charge is 2.27. The topological polar surface area (TPSA) is 71.2 Å². The number of likely N-dealkylation sites (N-methyl/N-ethyl adjacent to an activating group) is 1. The molecule has 1 saturated carbocycles. The molecule has 0 radical (unpaired) electrons. The van der Waals surface area contributed by atoms with Crippen molar-refractivity contribution in [2.24, 2.45) is 0 Å². The Labute approximate surface area is 179 Å². The smallest absolute Gasteiger partial charge is 0.261 e. The zero-order valence-corrected chi connectivity index (χ0v) is 17.5. The van der Waals surface area contributed by atoms with Crippen molar-refractivity contribution in [3.63, 3.8) is 0 Å². The number of fused-ring (bicyclic) bond motifs is 3. The predicted octanol–water partition coefficient (Wildman–Crippen LogP) is 3.46. The van der Waals surface area contributed by atoms with E-state index in [4.69, 9.17) is 0 Å². The van der Waals surface area contributed by atoms with Gasteiger partial charge in [-0.3, -0.25) is 9.36 Å². The standard InChI is InChI=1S/C24H25FN4O2/c1-28-10-4-5-17-16(11-15-8-9-21(25)26-13-15)12-18-22(23(17)28)27-14-29(24(18)31)19-6-2-3-7-20(19)30/h4-5,8-9,12-14,19-20,30H,2-3,6-7,10-11H2,1H3/t19-,20-/m0/s1. The number of benzene rings is 1. The lowest BCUT2D eigenvalue weighted by Crippen LogP contribution is -2.35. The molecular formula is C24H25FN4O2. The van der Waals surface area contributed by atoms with Gasteiger partial charge in [0.05, 0.1) is 29.5 Å². The minimum atomic E-state index is -0.529. The number of hydrogen-bond donors (Lipinski definition) is 1. The minimum Gasteiger partial charge on any atom is -0.391 e. The molecular weight excluding hydrogens is 395 g/mol. The molecule has 2 atom stereocenters. The second-order valence-electron chi connectivity index (χ2n) is 8.52. The highest BCUT2D eigenvalue weighted by Crippen LogP contribution is 2.36. The van der Waals surface area contributed by atoms with E-state index in [0.29, 0.717) is 23.7 Å². The van der Waals surface area contributed by atoms with E-state index >= 15 is 0 Å². The molecule has 5 rings (SSSR count). The van der Waals surface area contributed by atoms with Crippen LogP contribution in [0.25, 0.3) is 17.0 Å². The van der Waals surface area contributed by atoms with Crippen LogP contribution in [-0.2, 0) is 6.42 Å². The van der Waals surface area contributed by atoms with E-state index in [0.717, 1.165) is 48.2 Å². The second-order valence-corrected chi connectivity index (χ2v) is 8.52. The Morgan fingerprint density at radius 2 is 2.06 bits per heavy atom. The van der Waals surface area contributed by atoms with Crippen LogP contribution in [0.4, 0.5) is 10.1 Å². The quantitative estimate of drug-likeness (QED) is 0.657. The normalized spacial score (nSPS) is 20.8. The fourth-order valence-electron chi connectivity index (χ4n) is 4.85. The summed E-state index contributed by atoms with van der Waals surface area (Å²) in [7, 11) is 1.99. The Kier molecular flexibility index (Phi) is 5.06. The molecule has 0 saturated heterocycles. The maximum atomic E-state index is 13.5. The van der Waals surface area contributed by atoms with Crippen molar-refractivity contribution in [2.45, 2.75) is 44.2 Å². The number of anilines is 1. The third kappa shape index (κ3) is 3.53. The van der Waals surface area contributed by atoms with Gasteiger partial charge < -0.3 is 10.0 Å². The first-order chi connectivity index (χ1) is 15.0. The Bertz CT molecular complexity index is 1220. The Hall–Kier alpha value is -3.06. The average Bonchev–Trinajstić information content (AvgIpc) is 2.77. The first kappa shape index (κ1) is 19.9. The second kappa shape index (κ2) is 7.89. The van der Waals surface area contributed by atoms with E-state index in [1.807, 2.05) is 13.1 Å². The molecule has 160 valence electrons. The van der Waals surface area contributed by atoms with Gasteiger partial charge in [-0.25, -0.2) is 9.97 Å². The molecule has 3 aromatic rings. The highest BCUT2D eigenvalue weighted by atomic mass is 19.1. The number of pyridine rings is 1. The molecule has 6 nitrogen and oxygen atoms in total. The van der Waals surface area contributed by atoms with Crippen molar-refractivity contribution in [1.82, 2.24) is 14.5 Å². The third-order valence-electron chi connectivity index (χ3n) is 6.46. The van der Waals surface area contributed by atoms with Crippen LogP contribution in [0.5, 0.6) is 0 Å². The van der Waals surface area contributed by atoms with Gasteiger partial charge in [-0.2, -0.15) is 4.39 Å². The maximum absolute atomic E-state index is 13.5. The number of aromatic nitrogens is 3. The lowest BCUT2D eigenvalue weighted by Gasteiger charge is -2.30. The Morgan fingerprint density at radius 1 is 1.23 bits per heavy atom. The van der Waals surface area contributed by atoms with Crippen molar-refractivity contribution >= 4 is 22.7 Å². The van der Waals surface area contributed by atoms with Crippen LogP contribution < -0.4 is 10.5 Å².